The molecule has 4 rings (SSSR count). The number of amides is 1. The van der Waals surface area contributed by atoms with Crippen molar-refractivity contribution in [3.8, 4) is 0 Å². The summed E-state index contributed by atoms with van der Waals surface area (Å²) in [5.41, 5.74) is 1.30. The number of fused-ring (bicyclic) bond motifs is 3. The lowest BCUT2D eigenvalue weighted by Gasteiger charge is -2.37. The highest BCUT2D eigenvalue weighted by atomic mass is 79.9. The van der Waals surface area contributed by atoms with E-state index in [1.54, 1.807) is 16.0 Å². The molecule has 2 aromatic rings. The van der Waals surface area contributed by atoms with Gasteiger partial charge in [-0.25, -0.2) is 8.42 Å². The van der Waals surface area contributed by atoms with Crippen LogP contribution >= 0.6 is 15.9 Å². The fraction of sp³-hybridized carbons (Fsp3) is 0.529. The summed E-state index contributed by atoms with van der Waals surface area (Å²) >= 11 is 3.42. The molecule has 2 saturated heterocycles. The number of hydrogen-bond donors (Lipinski definition) is 1. The predicted molar refractivity (Wildman–Crippen MR) is 102 cm³/mol. The maximum Gasteiger partial charge on any atom is 0.270 e. The van der Waals surface area contributed by atoms with Crippen LogP contribution < -0.4 is 5.32 Å². The number of carbonyl (C=O) groups is 1. The van der Waals surface area contributed by atoms with Crippen molar-refractivity contribution in [1.29, 1.82) is 0 Å². The van der Waals surface area contributed by atoms with E-state index in [4.69, 9.17) is 0 Å². The van der Waals surface area contributed by atoms with Gasteiger partial charge in [0.15, 0.2) is 0 Å². The summed E-state index contributed by atoms with van der Waals surface area (Å²) in [6.07, 6.45) is 4.34. The molecule has 2 aliphatic rings. The first-order valence-corrected chi connectivity index (χ1v) is 11.3. The highest BCUT2D eigenvalue weighted by Crippen LogP contribution is 2.37. The standard InChI is InChI=1S/C17H21BrN4O3S/c1-21-16(14-6-3-10(18)7-15(14)20-21)17(23)19-11-8-12-4-5-13(9-11)22(12)26(2,24)25/h3,6-7,11-13H,4-5,8-9H2,1-2H3,(H,19,23)/t11?,12-,13+. The van der Waals surface area contributed by atoms with Gasteiger partial charge in [0.2, 0.25) is 10.0 Å². The molecule has 1 aromatic carbocycles. The van der Waals surface area contributed by atoms with Crippen LogP contribution in [0.1, 0.15) is 36.2 Å². The van der Waals surface area contributed by atoms with E-state index in [0.29, 0.717) is 18.5 Å². The van der Waals surface area contributed by atoms with E-state index in [-0.39, 0.29) is 24.0 Å². The Morgan fingerprint density at radius 3 is 2.54 bits per heavy atom. The minimum atomic E-state index is -3.19. The Morgan fingerprint density at radius 2 is 1.92 bits per heavy atom. The third kappa shape index (κ3) is 3.05. The van der Waals surface area contributed by atoms with Crippen LogP contribution in [0.15, 0.2) is 22.7 Å². The second kappa shape index (κ2) is 6.31. The van der Waals surface area contributed by atoms with Gasteiger partial charge in [-0.2, -0.15) is 9.40 Å². The zero-order chi connectivity index (χ0) is 18.6. The molecule has 7 nitrogen and oxygen atoms in total. The van der Waals surface area contributed by atoms with Gasteiger partial charge in [-0.05, 0) is 43.9 Å². The molecule has 0 aliphatic carbocycles. The Hall–Kier alpha value is -1.45. The maximum atomic E-state index is 12.9. The molecule has 9 heteroatoms. The fourth-order valence-electron chi connectivity index (χ4n) is 4.49. The van der Waals surface area contributed by atoms with Crippen molar-refractivity contribution < 1.29 is 13.2 Å². The second-order valence-electron chi connectivity index (χ2n) is 7.25. The number of benzene rings is 1. The van der Waals surface area contributed by atoms with E-state index in [1.165, 1.54) is 6.26 Å². The Morgan fingerprint density at radius 1 is 1.27 bits per heavy atom. The maximum absolute atomic E-state index is 12.9. The summed E-state index contributed by atoms with van der Waals surface area (Å²) in [5.74, 6) is -0.158. The molecule has 3 atom stereocenters. The summed E-state index contributed by atoms with van der Waals surface area (Å²) in [5, 5.41) is 8.33. The number of aryl methyl sites for hydroxylation is 1. The van der Waals surface area contributed by atoms with E-state index in [1.807, 2.05) is 18.2 Å². The Balaban J connectivity index is 1.55. The third-order valence-corrected chi connectivity index (χ3v) is 7.25. The zero-order valence-corrected chi connectivity index (χ0v) is 17.0. The number of nitrogens with zero attached hydrogens (tertiary/aromatic N) is 3. The Labute approximate surface area is 160 Å². The van der Waals surface area contributed by atoms with E-state index in [0.717, 1.165) is 28.2 Å². The van der Waals surface area contributed by atoms with Crippen molar-refractivity contribution in [1.82, 2.24) is 19.4 Å². The van der Waals surface area contributed by atoms with Gasteiger partial charge in [-0.3, -0.25) is 9.48 Å². The molecule has 26 heavy (non-hydrogen) atoms. The van der Waals surface area contributed by atoms with Crippen LogP contribution in [0, 0.1) is 0 Å². The van der Waals surface area contributed by atoms with Crippen LogP contribution in [0.2, 0.25) is 0 Å². The van der Waals surface area contributed by atoms with Gasteiger partial charge >= 0.3 is 0 Å². The molecular weight excluding hydrogens is 420 g/mol. The number of hydrogen-bond acceptors (Lipinski definition) is 4. The van der Waals surface area contributed by atoms with E-state index in [9.17, 15) is 13.2 Å². The lowest BCUT2D eigenvalue weighted by atomic mass is 9.99. The summed E-state index contributed by atoms with van der Waals surface area (Å²) in [6.45, 7) is 0. The molecular formula is C17H21BrN4O3S. The molecule has 0 saturated carbocycles. The number of aromatic nitrogens is 2. The first kappa shape index (κ1) is 17.9. The van der Waals surface area contributed by atoms with Crippen LogP contribution in [0.25, 0.3) is 10.9 Å². The number of piperidine rings is 1. The minimum absolute atomic E-state index is 0.00622. The zero-order valence-electron chi connectivity index (χ0n) is 14.6. The van der Waals surface area contributed by atoms with Crippen LogP contribution in [0.4, 0.5) is 0 Å². The first-order valence-electron chi connectivity index (χ1n) is 8.65. The van der Waals surface area contributed by atoms with Crippen molar-refractivity contribution in [3.05, 3.63) is 28.4 Å². The molecule has 2 fully saturated rings. The number of carbonyl (C=O) groups excluding carboxylic acids is 1. The summed E-state index contributed by atoms with van der Waals surface area (Å²) in [6, 6.07) is 5.64. The molecule has 1 aromatic heterocycles. The molecule has 3 heterocycles. The molecule has 1 unspecified atom stereocenters. The smallest absolute Gasteiger partial charge is 0.270 e. The lowest BCUT2D eigenvalue weighted by Crippen LogP contribution is -2.52. The minimum Gasteiger partial charge on any atom is -0.348 e. The van der Waals surface area contributed by atoms with Crippen molar-refractivity contribution in [3.63, 3.8) is 0 Å². The Bertz CT molecular complexity index is 973. The number of halogens is 1. The van der Waals surface area contributed by atoms with E-state index in [2.05, 4.69) is 26.3 Å². The van der Waals surface area contributed by atoms with Crippen molar-refractivity contribution in [2.24, 2.45) is 7.05 Å². The quantitative estimate of drug-likeness (QED) is 0.790. The predicted octanol–water partition coefficient (Wildman–Crippen LogP) is 2.02. The highest BCUT2D eigenvalue weighted by Gasteiger charge is 2.45. The normalized spacial score (nSPS) is 26.3. The van der Waals surface area contributed by atoms with Crippen LogP contribution in [-0.2, 0) is 17.1 Å². The van der Waals surface area contributed by atoms with Gasteiger partial charge < -0.3 is 5.32 Å². The van der Waals surface area contributed by atoms with Gasteiger partial charge in [-0.1, -0.05) is 15.9 Å². The average molecular weight is 441 g/mol. The number of sulfonamides is 1. The van der Waals surface area contributed by atoms with Crippen LogP contribution in [-0.4, -0.2) is 52.8 Å². The number of nitrogens with one attached hydrogen (secondary N) is 1. The monoisotopic (exact) mass is 440 g/mol. The fourth-order valence-corrected chi connectivity index (χ4v) is 6.31. The van der Waals surface area contributed by atoms with Crippen LogP contribution in [0.5, 0.6) is 0 Å². The van der Waals surface area contributed by atoms with Crippen molar-refractivity contribution >= 4 is 42.8 Å². The second-order valence-corrected chi connectivity index (χ2v) is 10.1. The van der Waals surface area contributed by atoms with Crippen molar-refractivity contribution in [2.75, 3.05) is 6.26 Å². The van der Waals surface area contributed by atoms with Crippen LogP contribution in [0.3, 0.4) is 0 Å². The molecule has 1 amide bonds. The summed E-state index contributed by atoms with van der Waals surface area (Å²) in [7, 11) is -1.43. The topological polar surface area (TPSA) is 84.3 Å². The lowest BCUT2D eigenvalue weighted by molar-refractivity contribution is 0.0901. The van der Waals surface area contributed by atoms with Crippen molar-refractivity contribution in [2.45, 2.75) is 43.8 Å². The molecule has 0 radical (unpaired) electrons. The van der Waals surface area contributed by atoms with Gasteiger partial charge in [0, 0.05) is 35.0 Å². The average Bonchev–Trinajstić information content (AvgIpc) is 3.00. The molecule has 140 valence electrons. The molecule has 2 bridgehead atoms. The number of rotatable bonds is 3. The largest absolute Gasteiger partial charge is 0.348 e. The van der Waals surface area contributed by atoms with E-state index >= 15 is 0 Å². The Kier molecular flexibility index (Phi) is 4.36. The van der Waals surface area contributed by atoms with Gasteiger partial charge in [0.05, 0.1) is 11.8 Å². The first-order chi connectivity index (χ1) is 12.2. The summed E-state index contributed by atoms with van der Waals surface area (Å²) in [4.78, 5) is 12.9. The third-order valence-electron chi connectivity index (χ3n) is 5.40. The van der Waals surface area contributed by atoms with Gasteiger partial charge in [0.1, 0.15) is 5.69 Å². The molecule has 1 N–H and O–H groups in total. The van der Waals surface area contributed by atoms with Gasteiger partial charge in [-0.15, -0.1) is 0 Å². The van der Waals surface area contributed by atoms with E-state index < -0.39 is 10.0 Å². The summed E-state index contributed by atoms with van der Waals surface area (Å²) < 4.78 is 28.2. The van der Waals surface area contributed by atoms with Gasteiger partial charge in [0.25, 0.3) is 5.91 Å². The SMILES string of the molecule is Cn1nc2cc(Br)ccc2c1C(=O)NC1C[C@H]2CC[C@@H](C1)N2S(C)(=O)=O. The molecule has 2 aliphatic heterocycles. The molecule has 0 spiro atoms. The highest BCUT2D eigenvalue weighted by molar-refractivity contribution is 9.10.